The molecule has 0 aromatic heterocycles. The number of benzene rings is 2. The van der Waals surface area contributed by atoms with Gasteiger partial charge in [0.1, 0.15) is 0 Å². The number of nitrogens with zero attached hydrogens (tertiary/aromatic N) is 2. The molecule has 0 aliphatic carbocycles. The van der Waals surface area contributed by atoms with Crippen molar-refractivity contribution in [3.63, 3.8) is 0 Å². The number of anilines is 2. The molecule has 0 spiro atoms. The minimum Gasteiger partial charge on any atom is -0.377 e. The average molecular weight is 523 g/mol. The highest BCUT2D eigenvalue weighted by molar-refractivity contribution is 5.51. The van der Waals surface area contributed by atoms with E-state index in [1.165, 1.54) is 16.2 Å². The first-order chi connectivity index (χ1) is 18.0. The molecule has 0 amide bonds. The van der Waals surface area contributed by atoms with E-state index in [4.69, 9.17) is 14.3 Å². The molecule has 6 heteroatoms. The van der Waals surface area contributed by atoms with Crippen LogP contribution in [0.2, 0.25) is 0 Å². The third-order valence-electron chi connectivity index (χ3n) is 6.95. The zero-order valence-corrected chi connectivity index (χ0v) is 24.0. The summed E-state index contributed by atoms with van der Waals surface area (Å²) in [6.07, 6.45) is 3.53. The van der Waals surface area contributed by atoms with Crippen LogP contribution in [0.15, 0.2) is 73.8 Å². The van der Waals surface area contributed by atoms with Gasteiger partial charge in [-0.3, -0.25) is 5.21 Å². The summed E-state index contributed by atoms with van der Waals surface area (Å²) in [6.45, 7) is 22.5. The predicted octanol–water partition coefficient (Wildman–Crippen LogP) is 7.04. The normalized spacial score (nSPS) is 20.0. The highest BCUT2D eigenvalue weighted by atomic mass is 16.7. The lowest BCUT2D eigenvalue weighted by Crippen LogP contribution is -2.41. The van der Waals surface area contributed by atoms with Gasteiger partial charge in [-0.15, -0.1) is 13.2 Å². The van der Waals surface area contributed by atoms with E-state index in [2.05, 4.69) is 91.1 Å². The predicted molar refractivity (Wildman–Crippen MR) is 156 cm³/mol. The van der Waals surface area contributed by atoms with Crippen molar-refractivity contribution in [2.24, 2.45) is 5.92 Å². The Morgan fingerprint density at radius 3 is 1.92 bits per heavy atom. The SMILES string of the molecule is C=CCOCCC1C(COCC=C)C(N(O)c2ccc(C(C)(C)C)cc2)ON1c1ccc(C(C)(C)C)cc1. The van der Waals surface area contributed by atoms with Gasteiger partial charge in [-0.05, 0) is 52.6 Å². The highest BCUT2D eigenvalue weighted by Crippen LogP contribution is 2.38. The second-order valence-corrected chi connectivity index (χ2v) is 12.0. The third kappa shape index (κ3) is 7.48. The molecule has 208 valence electrons. The summed E-state index contributed by atoms with van der Waals surface area (Å²) >= 11 is 0. The van der Waals surface area contributed by atoms with Gasteiger partial charge >= 0.3 is 0 Å². The van der Waals surface area contributed by atoms with E-state index in [-0.39, 0.29) is 22.8 Å². The Balaban J connectivity index is 1.94. The van der Waals surface area contributed by atoms with E-state index in [0.717, 1.165) is 5.69 Å². The molecule has 0 radical (unpaired) electrons. The highest BCUT2D eigenvalue weighted by Gasteiger charge is 2.46. The van der Waals surface area contributed by atoms with E-state index >= 15 is 0 Å². The van der Waals surface area contributed by atoms with Crippen molar-refractivity contribution in [2.75, 3.05) is 36.6 Å². The Morgan fingerprint density at radius 2 is 1.39 bits per heavy atom. The van der Waals surface area contributed by atoms with Crippen LogP contribution in [0.5, 0.6) is 0 Å². The maximum atomic E-state index is 11.4. The van der Waals surface area contributed by atoms with Crippen LogP contribution < -0.4 is 10.1 Å². The smallest absolute Gasteiger partial charge is 0.188 e. The summed E-state index contributed by atoms with van der Waals surface area (Å²) < 4.78 is 11.7. The van der Waals surface area contributed by atoms with Crippen LogP contribution in [0.4, 0.5) is 11.4 Å². The largest absolute Gasteiger partial charge is 0.377 e. The van der Waals surface area contributed by atoms with Crippen molar-refractivity contribution in [1.29, 1.82) is 0 Å². The molecule has 3 rings (SSSR count). The van der Waals surface area contributed by atoms with Crippen LogP contribution >= 0.6 is 0 Å². The summed E-state index contributed by atoms with van der Waals surface area (Å²) in [6, 6.07) is 16.4. The van der Waals surface area contributed by atoms with Gasteiger partial charge < -0.3 is 9.47 Å². The van der Waals surface area contributed by atoms with Crippen molar-refractivity contribution < 1.29 is 19.5 Å². The first kappa shape index (κ1) is 29.9. The van der Waals surface area contributed by atoms with E-state index in [0.29, 0.717) is 38.5 Å². The molecule has 1 aliphatic rings. The number of hydroxylamine groups is 2. The monoisotopic (exact) mass is 522 g/mol. The van der Waals surface area contributed by atoms with Gasteiger partial charge in [-0.1, -0.05) is 78.0 Å². The fourth-order valence-electron chi connectivity index (χ4n) is 4.67. The van der Waals surface area contributed by atoms with Gasteiger partial charge in [-0.2, -0.15) is 0 Å². The second-order valence-electron chi connectivity index (χ2n) is 12.0. The van der Waals surface area contributed by atoms with Gasteiger partial charge in [0, 0.05) is 6.61 Å². The molecule has 1 N–H and O–H groups in total. The van der Waals surface area contributed by atoms with Crippen molar-refractivity contribution in [3.8, 4) is 0 Å². The summed E-state index contributed by atoms with van der Waals surface area (Å²) in [4.78, 5) is 6.53. The van der Waals surface area contributed by atoms with Crippen LogP contribution in [0, 0.1) is 5.92 Å². The maximum Gasteiger partial charge on any atom is 0.188 e. The quantitative estimate of drug-likeness (QED) is 0.183. The Hall–Kier alpha value is -2.64. The van der Waals surface area contributed by atoms with Crippen molar-refractivity contribution in [2.45, 2.75) is 71.1 Å². The van der Waals surface area contributed by atoms with E-state index in [1.54, 1.807) is 12.2 Å². The maximum absolute atomic E-state index is 11.4. The third-order valence-corrected chi connectivity index (χ3v) is 6.95. The Morgan fingerprint density at radius 1 is 0.868 bits per heavy atom. The van der Waals surface area contributed by atoms with Crippen LogP contribution in [-0.2, 0) is 25.1 Å². The lowest BCUT2D eigenvalue weighted by atomic mass is 9.87. The topological polar surface area (TPSA) is 54.4 Å². The Labute approximate surface area is 229 Å². The zero-order chi connectivity index (χ0) is 27.9. The molecular formula is C32H46N2O4. The van der Waals surface area contributed by atoms with Gasteiger partial charge in [0.2, 0.25) is 0 Å². The minimum atomic E-state index is -0.646. The Kier molecular flexibility index (Phi) is 10.2. The zero-order valence-electron chi connectivity index (χ0n) is 24.0. The summed E-state index contributed by atoms with van der Waals surface area (Å²) in [7, 11) is 0. The molecule has 6 nitrogen and oxygen atoms in total. The molecule has 1 heterocycles. The average Bonchev–Trinajstić information content (AvgIpc) is 3.23. The van der Waals surface area contributed by atoms with Crippen LogP contribution in [0.3, 0.4) is 0 Å². The van der Waals surface area contributed by atoms with Gasteiger partial charge in [0.15, 0.2) is 6.23 Å². The molecular weight excluding hydrogens is 476 g/mol. The molecule has 3 atom stereocenters. The molecule has 3 unspecified atom stereocenters. The fraction of sp³-hybridized carbons (Fsp3) is 0.500. The van der Waals surface area contributed by atoms with Gasteiger partial charge in [0.25, 0.3) is 0 Å². The van der Waals surface area contributed by atoms with E-state index in [1.807, 2.05) is 17.2 Å². The van der Waals surface area contributed by atoms with Crippen LogP contribution in [0.25, 0.3) is 0 Å². The molecule has 1 aliphatic heterocycles. The number of ether oxygens (including phenoxy) is 2. The first-order valence-corrected chi connectivity index (χ1v) is 13.5. The fourth-order valence-corrected chi connectivity index (χ4v) is 4.67. The molecule has 0 saturated carbocycles. The second kappa shape index (κ2) is 12.9. The molecule has 38 heavy (non-hydrogen) atoms. The van der Waals surface area contributed by atoms with Gasteiger partial charge in [-0.25, -0.2) is 15.0 Å². The molecule has 0 bridgehead atoms. The van der Waals surface area contributed by atoms with E-state index in [9.17, 15) is 5.21 Å². The van der Waals surface area contributed by atoms with Crippen molar-refractivity contribution >= 4 is 11.4 Å². The number of hydrogen-bond donors (Lipinski definition) is 1. The lowest BCUT2D eigenvalue weighted by molar-refractivity contribution is -0.0116. The van der Waals surface area contributed by atoms with Crippen molar-refractivity contribution in [3.05, 3.63) is 85.0 Å². The first-order valence-electron chi connectivity index (χ1n) is 13.5. The summed E-state index contributed by atoms with van der Waals surface area (Å²) in [5.41, 5.74) is 4.12. The van der Waals surface area contributed by atoms with E-state index < -0.39 is 6.23 Å². The van der Waals surface area contributed by atoms with Gasteiger partial charge in [0.05, 0.1) is 43.2 Å². The molecule has 1 fully saturated rings. The lowest BCUT2D eigenvalue weighted by Gasteiger charge is -2.28. The molecule has 1 saturated heterocycles. The van der Waals surface area contributed by atoms with Crippen LogP contribution in [0.1, 0.15) is 59.1 Å². The minimum absolute atomic E-state index is 0.0241. The summed E-state index contributed by atoms with van der Waals surface area (Å²) in [5.74, 6) is -0.156. The van der Waals surface area contributed by atoms with Crippen LogP contribution in [-0.4, -0.2) is 43.9 Å². The Bertz CT molecular complexity index is 1020. The number of rotatable bonds is 12. The van der Waals surface area contributed by atoms with Crippen molar-refractivity contribution in [1.82, 2.24) is 0 Å². The number of hydrogen-bond acceptors (Lipinski definition) is 6. The summed E-state index contributed by atoms with van der Waals surface area (Å²) in [5, 5.41) is 14.6. The molecule has 2 aromatic carbocycles. The molecule has 2 aromatic rings. The standard InChI is InChI=1S/C32H46N2O4/c1-9-20-36-22-19-29-28(23-37-21-10-2)30(33(35)26-15-11-24(12-16-26)31(3,4)5)38-34(29)27-17-13-25(14-18-27)32(6,7)8/h9-18,28-30,35H,1-2,19-23H2,3-8H3.